The highest BCUT2D eigenvalue weighted by Crippen LogP contribution is 2.67. The zero-order valence-electron chi connectivity index (χ0n) is 27.7. The minimum atomic E-state index is -1.32. The Hall–Kier alpha value is -4.53. The Morgan fingerprint density at radius 1 is 1.18 bits per heavy atom. The van der Waals surface area contributed by atoms with E-state index in [0.717, 1.165) is 43.2 Å². The molecule has 3 aliphatic carbocycles. The number of amides is 3. The summed E-state index contributed by atoms with van der Waals surface area (Å²) in [7, 11) is 1.59. The number of nitrogens with zero attached hydrogens (tertiary/aromatic N) is 2. The van der Waals surface area contributed by atoms with Crippen LogP contribution < -0.4 is 31.6 Å². The van der Waals surface area contributed by atoms with Gasteiger partial charge in [-0.3, -0.25) is 19.4 Å². The first-order chi connectivity index (χ1) is 23.5. The van der Waals surface area contributed by atoms with E-state index in [-0.39, 0.29) is 37.4 Å². The lowest BCUT2D eigenvalue weighted by molar-refractivity contribution is -0.149. The number of carboxylic acid groups (broad SMARTS) is 1. The molecular weight excluding hydrogens is 636 g/mol. The molecule has 1 unspecified atom stereocenters. The maximum absolute atomic E-state index is 13.9. The fourth-order valence-electron chi connectivity index (χ4n) is 8.79. The van der Waals surface area contributed by atoms with E-state index < -0.39 is 53.5 Å². The van der Waals surface area contributed by atoms with Crippen LogP contribution in [0.25, 0.3) is 0 Å². The quantitative estimate of drug-likeness (QED) is 0.0794. The fourth-order valence-corrected chi connectivity index (χ4v) is 8.79. The summed E-state index contributed by atoms with van der Waals surface area (Å²) >= 11 is 0. The first-order valence-electron chi connectivity index (χ1n) is 17.1. The smallest absolute Gasteiger partial charge is 0.415 e. The number of likely N-dealkylation sites (tertiary alicyclic amines) is 1. The lowest BCUT2D eigenvalue weighted by Crippen LogP contribution is -2.67. The van der Waals surface area contributed by atoms with Crippen molar-refractivity contribution in [3.8, 4) is 11.5 Å². The summed E-state index contributed by atoms with van der Waals surface area (Å²) in [6.07, 6.45) is 6.13. The number of aliphatic carboxylic acids is 1. The first-order valence-corrected chi connectivity index (χ1v) is 17.1. The summed E-state index contributed by atoms with van der Waals surface area (Å²) in [4.78, 5) is 55.9. The highest BCUT2D eigenvalue weighted by molar-refractivity contribution is 5.96. The third-order valence-corrected chi connectivity index (χ3v) is 11.0. The number of rotatable bonds is 12. The molecule has 2 bridgehead atoms. The van der Waals surface area contributed by atoms with Crippen molar-refractivity contribution in [2.75, 3.05) is 26.7 Å². The minimum absolute atomic E-state index is 0.0621. The molecule has 1 aromatic carbocycles. The van der Waals surface area contributed by atoms with E-state index in [4.69, 9.17) is 30.8 Å². The van der Waals surface area contributed by atoms with Crippen molar-refractivity contribution in [2.45, 2.75) is 99.8 Å². The number of nitrogens with two attached hydrogens (primary N) is 2. The maximum atomic E-state index is 13.9. The molecule has 266 valence electrons. The number of benzene rings is 1. The van der Waals surface area contributed by atoms with Crippen LogP contribution in [0.15, 0.2) is 29.0 Å². The number of nitrogens with one attached hydrogen (secondary N) is 2. The molecule has 49 heavy (non-hydrogen) atoms. The number of methoxy groups -OCH3 is 1. The number of carbonyl (C=O) groups is 4. The average Bonchev–Trinajstić information content (AvgIpc) is 3.41. The highest BCUT2D eigenvalue weighted by atomic mass is 16.6. The molecule has 5 aliphatic rings. The highest BCUT2D eigenvalue weighted by Gasteiger charge is 2.71. The van der Waals surface area contributed by atoms with E-state index in [1.54, 1.807) is 18.1 Å². The number of ether oxygens (including phenoxy) is 3. The molecule has 3 amide bonds. The Kier molecular flexibility index (Phi) is 9.65. The summed E-state index contributed by atoms with van der Waals surface area (Å²) < 4.78 is 18.4. The van der Waals surface area contributed by atoms with E-state index in [9.17, 15) is 24.3 Å². The van der Waals surface area contributed by atoms with Crippen LogP contribution in [0.5, 0.6) is 11.5 Å². The van der Waals surface area contributed by atoms with Gasteiger partial charge in [0.25, 0.3) is 0 Å². The van der Waals surface area contributed by atoms with Gasteiger partial charge in [0.15, 0.2) is 23.6 Å². The van der Waals surface area contributed by atoms with Crippen molar-refractivity contribution in [1.82, 2.24) is 15.5 Å². The summed E-state index contributed by atoms with van der Waals surface area (Å²) in [5.74, 6) is -1.10. The van der Waals surface area contributed by atoms with E-state index in [2.05, 4.69) is 21.7 Å². The van der Waals surface area contributed by atoms with Gasteiger partial charge in [-0.2, -0.15) is 0 Å². The number of aliphatic hydroxyl groups is 1. The number of carbonyl (C=O) groups excluding carboxylic acids is 3. The Bertz CT molecular complexity index is 1560. The first kappa shape index (κ1) is 34.3. The molecule has 1 aromatic rings. The molecular formula is C34H46N6O9. The number of carboxylic acids is 1. The van der Waals surface area contributed by atoms with E-state index in [0.29, 0.717) is 49.5 Å². The van der Waals surface area contributed by atoms with E-state index in [1.807, 2.05) is 6.07 Å². The van der Waals surface area contributed by atoms with Crippen molar-refractivity contribution < 1.29 is 43.6 Å². The second-order valence-electron chi connectivity index (χ2n) is 13.7. The summed E-state index contributed by atoms with van der Waals surface area (Å²) in [5.41, 5.74) is 11.1. The van der Waals surface area contributed by atoms with Gasteiger partial charge in [0, 0.05) is 25.2 Å². The van der Waals surface area contributed by atoms with Crippen molar-refractivity contribution in [2.24, 2.45) is 22.4 Å². The normalized spacial score (nSPS) is 28.2. The Morgan fingerprint density at radius 2 is 2.00 bits per heavy atom. The lowest BCUT2D eigenvalue weighted by atomic mass is 9.47. The Balaban J connectivity index is 1.16. The second kappa shape index (κ2) is 13.8. The standard InChI is InChI=1S/C34H46N6O9/c1-47-23-10-9-19-16-20-6-4-12-33-27(19)28(23)49-29(33)24(11-13-34(20,33)46)48-32(45)40-15-3-2-7-21(40)18-38-30(44)22(8-5-14-37-31(35)36)39-25(41)17-26(42)43/h9-11,20-22,29,46H,2-8,12-18H2,1H3,(H,38,44)(H,39,41)(H,42,43)(H4,35,36,37)/t20-,21?,22+,29+,33+,34-/m1/s1. The van der Waals surface area contributed by atoms with Crippen LogP contribution in [0.4, 0.5) is 4.79 Å². The zero-order chi connectivity index (χ0) is 34.9. The van der Waals surface area contributed by atoms with Gasteiger partial charge in [-0.05, 0) is 81.4 Å². The summed E-state index contributed by atoms with van der Waals surface area (Å²) in [6.45, 7) is 0.747. The Labute approximate surface area is 284 Å². The zero-order valence-corrected chi connectivity index (χ0v) is 27.7. The molecule has 2 aliphatic heterocycles. The minimum Gasteiger partial charge on any atom is -0.493 e. The molecule has 1 saturated carbocycles. The average molecular weight is 683 g/mol. The molecule has 0 radical (unpaired) electrons. The van der Waals surface area contributed by atoms with Crippen molar-refractivity contribution >= 4 is 29.8 Å². The largest absolute Gasteiger partial charge is 0.493 e. The molecule has 15 heteroatoms. The third kappa shape index (κ3) is 6.24. The van der Waals surface area contributed by atoms with Crippen LogP contribution in [-0.2, 0) is 31.0 Å². The molecule has 1 saturated heterocycles. The monoisotopic (exact) mass is 682 g/mol. The number of hydrogen-bond acceptors (Lipinski definition) is 9. The number of aliphatic imine (C=N–C) groups is 1. The van der Waals surface area contributed by atoms with Gasteiger partial charge >= 0.3 is 12.1 Å². The van der Waals surface area contributed by atoms with Crippen molar-refractivity contribution in [1.29, 1.82) is 0 Å². The van der Waals surface area contributed by atoms with E-state index in [1.165, 1.54) is 0 Å². The van der Waals surface area contributed by atoms with Gasteiger partial charge in [0.05, 0.1) is 24.2 Å². The maximum Gasteiger partial charge on any atom is 0.415 e. The number of guanidine groups is 1. The van der Waals surface area contributed by atoms with Gasteiger partial charge in [0.2, 0.25) is 11.8 Å². The third-order valence-electron chi connectivity index (χ3n) is 11.0. The van der Waals surface area contributed by atoms with Gasteiger partial charge in [0.1, 0.15) is 18.2 Å². The molecule has 15 nitrogen and oxygen atoms in total. The molecule has 2 heterocycles. The van der Waals surface area contributed by atoms with Crippen LogP contribution in [0.3, 0.4) is 0 Å². The summed E-state index contributed by atoms with van der Waals surface area (Å²) in [6, 6.07) is 2.55. The number of piperidine rings is 1. The number of hydrogen-bond donors (Lipinski definition) is 6. The van der Waals surface area contributed by atoms with Crippen LogP contribution in [0, 0.1) is 5.92 Å². The van der Waals surface area contributed by atoms with Crippen LogP contribution >= 0.6 is 0 Å². The van der Waals surface area contributed by atoms with Gasteiger partial charge < -0.3 is 51.4 Å². The van der Waals surface area contributed by atoms with Crippen molar-refractivity contribution in [3.05, 3.63) is 35.1 Å². The second-order valence-corrected chi connectivity index (χ2v) is 13.7. The van der Waals surface area contributed by atoms with E-state index >= 15 is 0 Å². The van der Waals surface area contributed by atoms with Crippen molar-refractivity contribution in [3.63, 3.8) is 0 Å². The predicted molar refractivity (Wildman–Crippen MR) is 176 cm³/mol. The molecule has 0 aromatic heterocycles. The van der Waals surface area contributed by atoms with Gasteiger partial charge in [-0.1, -0.05) is 12.5 Å². The lowest BCUT2D eigenvalue weighted by Gasteiger charge is -2.59. The van der Waals surface area contributed by atoms with Crippen LogP contribution in [0.2, 0.25) is 0 Å². The van der Waals surface area contributed by atoms with Gasteiger partial charge in [-0.25, -0.2) is 4.79 Å². The molecule has 2 fully saturated rings. The Morgan fingerprint density at radius 3 is 2.76 bits per heavy atom. The summed E-state index contributed by atoms with van der Waals surface area (Å²) in [5, 5.41) is 26.7. The molecule has 6 rings (SSSR count). The molecule has 1 spiro atoms. The molecule has 6 atom stereocenters. The topological polar surface area (TPSA) is 228 Å². The van der Waals surface area contributed by atoms with Crippen LogP contribution in [-0.4, -0.2) is 95.5 Å². The van der Waals surface area contributed by atoms with Crippen LogP contribution in [0.1, 0.15) is 75.3 Å². The predicted octanol–water partition coefficient (Wildman–Crippen LogP) is 1.19. The van der Waals surface area contributed by atoms with Gasteiger partial charge in [-0.15, -0.1) is 0 Å². The SMILES string of the molecule is COc1ccc2c3c1O[C@H]1C(OC(=O)N4CCCCC4CNC(=O)[C@H](CCCN=C(N)N)NC(=O)CC(=O)O)=CC[C@@]4(O)[C@H](CCC[C@]314)C2. The fraction of sp³-hybridized carbons (Fsp3) is 0.618. The molecule has 8 N–H and O–H groups in total.